The van der Waals surface area contributed by atoms with E-state index < -0.39 is 24.7 Å². The summed E-state index contributed by atoms with van der Waals surface area (Å²) in [5.74, 6) is -0.495. The van der Waals surface area contributed by atoms with Crippen LogP contribution in [-0.2, 0) is 0 Å². The second-order valence-corrected chi connectivity index (χ2v) is 6.62. The molecule has 152 valence electrons. The summed E-state index contributed by atoms with van der Waals surface area (Å²) in [6, 6.07) is 2.26. The van der Waals surface area contributed by atoms with Crippen molar-refractivity contribution in [3.63, 3.8) is 0 Å². The third-order valence-electron chi connectivity index (χ3n) is 4.65. The molecule has 1 fully saturated rings. The van der Waals surface area contributed by atoms with Crippen LogP contribution >= 0.6 is 0 Å². The number of amides is 3. The first-order chi connectivity index (χ1) is 13.8. The Labute approximate surface area is 162 Å². The molecule has 2 aromatic heterocycles. The van der Waals surface area contributed by atoms with Gasteiger partial charge in [0.1, 0.15) is 12.2 Å². The zero-order valence-corrected chi connectivity index (χ0v) is 15.0. The molecule has 0 unspecified atom stereocenters. The van der Waals surface area contributed by atoms with Crippen LogP contribution in [0.25, 0.3) is 0 Å². The smallest absolute Gasteiger partial charge is 0.366 e. The molecule has 0 aromatic carbocycles. The third kappa shape index (κ3) is 3.91. The van der Waals surface area contributed by atoms with Crippen LogP contribution in [0, 0.1) is 0 Å². The fourth-order valence-corrected chi connectivity index (χ4v) is 3.40. The quantitative estimate of drug-likeness (QED) is 0.804. The van der Waals surface area contributed by atoms with Crippen molar-refractivity contribution in [1.29, 1.82) is 0 Å². The topological polar surface area (TPSA) is 103 Å². The van der Waals surface area contributed by atoms with E-state index in [1.165, 1.54) is 29.6 Å². The fourth-order valence-electron chi connectivity index (χ4n) is 3.40. The predicted molar refractivity (Wildman–Crippen MR) is 96.8 cm³/mol. The van der Waals surface area contributed by atoms with Crippen molar-refractivity contribution in [2.24, 2.45) is 0 Å². The number of carbonyl (C=O) groups is 2. The molecule has 9 nitrogen and oxygen atoms in total. The number of fused-ring (bicyclic) bond motifs is 4. The molecule has 2 aromatic rings. The van der Waals surface area contributed by atoms with Crippen molar-refractivity contribution in [3.05, 3.63) is 36.4 Å². The molecule has 2 N–H and O–H groups in total. The van der Waals surface area contributed by atoms with Crippen LogP contribution in [0.3, 0.4) is 0 Å². The Hall–Kier alpha value is -3.44. The average Bonchev–Trinajstić information content (AvgIpc) is 3.10. The van der Waals surface area contributed by atoms with Crippen molar-refractivity contribution < 1.29 is 22.8 Å². The van der Waals surface area contributed by atoms with Crippen LogP contribution in [0.15, 0.2) is 30.7 Å². The molecule has 2 aliphatic heterocycles. The van der Waals surface area contributed by atoms with Gasteiger partial charge >= 0.3 is 12.2 Å². The Morgan fingerprint density at radius 2 is 2.07 bits per heavy atom. The molecule has 0 aliphatic carbocycles. The number of hydrogen-bond donors (Lipinski definition) is 2. The molecule has 4 rings (SSSR count). The van der Waals surface area contributed by atoms with Gasteiger partial charge in [-0.25, -0.2) is 14.8 Å². The molecule has 0 spiro atoms. The van der Waals surface area contributed by atoms with Crippen LogP contribution in [0.4, 0.5) is 35.3 Å². The monoisotopic (exact) mass is 407 g/mol. The molecule has 12 heteroatoms. The zero-order valence-electron chi connectivity index (χ0n) is 15.0. The van der Waals surface area contributed by atoms with E-state index in [9.17, 15) is 22.8 Å². The highest BCUT2D eigenvalue weighted by Gasteiger charge is 2.40. The van der Waals surface area contributed by atoms with Crippen LogP contribution < -0.4 is 20.4 Å². The van der Waals surface area contributed by atoms with E-state index in [2.05, 4.69) is 20.3 Å². The first-order valence-electron chi connectivity index (χ1n) is 8.79. The Balaban J connectivity index is 1.62. The molecule has 0 radical (unpaired) electrons. The van der Waals surface area contributed by atoms with Crippen molar-refractivity contribution in [2.45, 2.75) is 18.6 Å². The maximum atomic E-state index is 12.9. The lowest BCUT2D eigenvalue weighted by Crippen LogP contribution is -2.48. The van der Waals surface area contributed by atoms with Crippen LogP contribution in [0.1, 0.15) is 16.9 Å². The summed E-state index contributed by atoms with van der Waals surface area (Å²) in [4.78, 5) is 40.5. The van der Waals surface area contributed by atoms with Gasteiger partial charge in [0.2, 0.25) is 0 Å². The van der Waals surface area contributed by atoms with Crippen molar-refractivity contribution in [1.82, 2.24) is 20.3 Å². The molecule has 29 heavy (non-hydrogen) atoms. The number of alkyl halides is 3. The van der Waals surface area contributed by atoms with Gasteiger partial charge in [-0.1, -0.05) is 0 Å². The van der Waals surface area contributed by atoms with E-state index in [0.29, 0.717) is 25.2 Å². The normalized spacial score (nSPS) is 17.7. The Morgan fingerprint density at radius 1 is 1.24 bits per heavy atom. The van der Waals surface area contributed by atoms with Crippen molar-refractivity contribution >= 4 is 29.3 Å². The van der Waals surface area contributed by atoms with Gasteiger partial charge < -0.3 is 10.2 Å². The summed E-state index contributed by atoms with van der Waals surface area (Å²) in [7, 11) is 0. The van der Waals surface area contributed by atoms with Crippen molar-refractivity contribution in [2.75, 3.05) is 34.8 Å². The summed E-state index contributed by atoms with van der Waals surface area (Å²) in [5.41, 5.74) is 0.438. The van der Waals surface area contributed by atoms with Gasteiger partial charge in [-0.2, -0.15) is 13.2 Å². The van der Waals surface area contributed by atoms with E-state index in [0.717, 1.165) is 0 Å². The van der Waals surface area contributed by atoms with E-state index in [4.69, 9.17) is 0 Å². The lowest BCUT2D eigenvalue weighted by Gasteiger charge is -2.35. The van der Waals surface area contributed by atoms with Crippen LogP contribution in [0.2, 0.25) is 0 Å². The molecule has 0 saturated carbocycles. The summed E-state index contributed by atoms with van der Waals surface area (Å²) < 4.78 is 37.1. The van der Waals surface area contributed by atoms with E-state index >= 15 is 0 Å². The SMILES string of the molecule is O=C(NCC(F)(F)F)c1ccc2c(n1)N(C(=O)Nc1cnccn1)[C@H]1CCN2C1. The predicted octanol–water partition coefficient (Wildman–Crippen LogP) is 1.79. The van der Waals surface area contributed by atoms with E-state index in [1.807, 2.05) is 4.90 Å². The highest BCUT2D eigenvalue weighted by atomic mass is 19.4. The number of aromatic nitrogens is 3. The fraction of sp³-hybridized carbons (Fsp3) is 0.353. The number of urea groups is 1. The largest absolute Gasteiger partial charge is 0.405 e. The number of nitrogens with zero attached hydrogens (tertiary/aromatic N) is 5. The molecule has 1 atom stereocenters. The Morgan fingerprint density at radius 3 is 2.79 bits per heavy atom. The second-order valence-electron chi connectivity index (χ2n) is 6.62. The van der Waals surface area contributed by atoms with Crippen LogP contribution in [0.5, 0.6) is 0 Å². The first kappa shape index (κ1) is 18.9. The van der Waals surface area contributed by atoms with Gasteiger partial charge in [0.05, 0.1) is 17.9 Å². The molecule has 2 aliphatic rings. The number of rotatable bonds is 3. The molecule has 4 heterocycles. The number of halogens is 3. The third-order valence-corrected chi connectivity index (χ3v) is 4.65. The highest BCUT2D eigenvalue weighted by molar-refractivity contribution is 6.04. The maximum absolute atomic E-state index is 12.9. The van der Waals surface area contributed by atoms with Gasteiger partial charge in [0.15, 0.2) is 11.6 Å². The minimum Gasteiger partial charge on any atom is -0.366 e. The lowest BCUT2D eigenvalue weighted by atomic mass is 10.1. The summed E-state index contributed by atoms with van der Waals surface area (Å²) in [6.45, 7) is -0.160. The molecule has 1 saturated heterocycles. The molecule has 2 bridgehead atoms. The summed E-state index contributed by atoms with van der Waals surface area (Å²) >= 11 is 0. The second kappa shape index (κ2) is 7.18. The number of nitrogens with one attached hydrogen (secondary N) is 2. The lowest BCUT2D eigenvalue weighted by molar-refractivity contribution is -0.123. The summed E-state index contributed by atoms with van der Waals surface area (Å²) in [5, 5.41) is 4.42. The maximum Gasteiger partial charge on any atom is 0.405 e. The first-order valence-corrected chi connectivity index (χ1v) is 8.79. The van der Waals surface area contributed by atoms with Gasteiger partial charge in [0, 0.05) is 25.5 Å². The number of pyridine rings is 1. The standard InChI is InChI=1S/C17H16F3N7O2/c18-17(19,20)9-23-15(28)11-1-2-12-14(24-11)27(10-3-6-26(12)8-10)16(29)25-13-7-21-4-5-22-13/h1-2,4-5,7,10H,3,6,8-9H2,(H,23,28)(H,22,25,29)/t10-/m0/s1. The minimum absolute atomic E-state index is 0.180. The van der Waals surface area contributed by atoms with Gasteiger partial charge in [0.25, 0.3) is 5.91 Å². The van der Waals surface area contributed by atoms with Gasteiger partial charge in [-0.05, 0) is 18.6 Å². The average molecular weight is 407 g/mol. The van der Waals surface area contributed by atoms with E-state index in [-0.39, 0.29) is 23.4 Å². The Kier molecular flexibility index (Phi) is 4.68. The number of hydrogen-bond acceptors (Lipinski definition) is 6. The van der Waals surface area contributed by atoms with Gasteiger partial charge in [-0.3, -0.25) is 20.0 Å². The number of anilines is 3. The molecular weight excluding hydrogens is 391 g/mol. The summed E-state index contributed by atoms with van der Waals surface area (Å²) in [6.07, 6.45) is 0.446. The van der Waals surface area contributed by atoms with Crippen molar-refractivity contribution in [3.8, 4) is 0 Å². The molecule has 3 amide bonds. The number of carbonyl (C=O) groups excluding carboxylic acids is 2. The highest BCUT2D eigenvalue weighted by Crippen LogP contribution is 2.39. The molecular formula is C17H16F3N7O2. The van der Waals surface area contributed by atoms with Gasteiger partial charge in [-0.15, -0.1) is 0 Å². The minimum atomic E-state index is -4.53. The van der Waals surface area contributed by atoms with E-state index in [1.54, 1.807) is 11.4 Å². The van der Waals surface area contributed by atoms with Crippen LogP contribution in [-0.4, -0.2) is 58.7 Å². The zero-order chi connectivity index (χ0) is 20.6. The Bertz CT molecular complexity index is 938.